The van der Waals surface area contributed by atoms with Crippen LogP contribution < -0.4 is 0 Å². The molecule has 0 aliphatic rings. The van der Waals surface area contributed by atoms with Gasteiger partial charge in [-0.2, -0.15) is 0 Å². The second-order valence-electron chi connectivity index (χ2n) is 7.13. The summed E-state index contributed by atoms with van der Waals surface area (Å²) >= 11 is 0. The molecule has 0 radical (unpaired) electrons. The quantitative estimate of drug-likeness (QED) is 0.438. The predicted octanol–water partition coefficient (Wildman–Crippen LogP) is 5.57. The molecule has 0 fully saturated rings. The van der Waals surface area contributed by atoms with Crippen LogP contribution in [0.1, 0.15) is 33.6 Å². The molecule has 0 unspecified atom stereocenters. The van der Waals surface area contributed by atoms with Gasteiger partial charge in [0.25, 0.3) is 0 Å². The summed E-state index contributed by atoms with van der Waals surface area (Å²) in [5.41, 5.74) is 13.2. The van der Waals surface area contributed by atoms with Crippen molar-refractivity contribution >= 4 is 33.1 Å². The van der Waals surface area contributed by atoms with Crippen LogP contribution in [0.4, 0.5) is 0 Å². The predicted molar refractivity (Wildman–Crippen MR) is 109 cm³/mol. The fourth-order valence-electron chi connectivity index (χ4n) is 3.73. The average molecular weight is 344 g/mol. The van der Waals surface area contributed by atoms with Crippen molar-refractivity contribution in [3.05, 3.63) is 57.9 Å². The van der Waals surface area contributed by atoms with Gasteiger partial charge in [0.05, 0.1) is 44.5 Å². The number of H-pyrrole nitrogens is 2. The Morgan fingerprint density at radius 2 is 0.885 bits per heavy atom. The van der Waals surface area contributed by atoms with Gasteiger partial charge in [-0.3, -0.25) is 0 Å². The van der Waals surface area contributed by atoms with Crippen molar-refractivity contribution in [1.29, 1.82) is 0 Å². The third kappa shape index (κ3) is 2.37. The molecule has 0 aliphatic heterocycles. The highest BCUT2D eigenvalue weighted by atomic mass is 14.8. The molecule has 4 aromatic rings. The number of aromatic nitrogens is 4. The van der Waals surface area contributed by atoms with Crippen molar-refractivity contribution < 1.29 is 0 Å². The van der Waals surface area contributed by atoms with Crippen LogP contribution in [-0.4, -0.2) is 19.9 Å². The Bertz CT molecular complexity index is 1140. The standard InChI is InChI=1S/C22H24N4/c1-11-13(3)21-22-14(4)12(2)20(26-22)16(6)24-18-10-8-7-9-17(18)23-15(5)19(11)25-21/h7-10,25-26H,1-6H3. The first-order valence-electron chi connectivity index (χ1n) is 8.97. The van der Waals surface area contributed by atoms with Crippen LogP contribution in [0.25, 0.3) is 33.1 Å². The number of fused-ring (bicyclic) bond motifs is 6. The minimum atomic E-state index is 0.888. The minimum Gasteiger partial charge on any atom is -0.352 e. The monoisotopic (exact) mass is 344 g/mol. The second-order valence-corrected chi connectivity index (χ2v) is 7.13. The summed E-state index contributed by atoms with van der Waals surface area (Å²) in [7, 11) is 0. The summed E-state index contributed by atoms with van der Waals surface area (Å²) < 4.78 is 0. The molecule has 0 saturated carbocycles. The van der Waals surface area contributed by atoms with Crippen molar-refractivity contribution in [2.24, 2.45) is 0 Å². The number of hydrogen-bond donors (Lipinski definition) is 2. The highest BCUT2D eigenvalue weighted by Gasteiger charge is 2.12. The molecule has 0 aliphatic carbocycles. The van der Waals surface area contributed by atoms with Gasteiger partial charge in [-0.05, 0) is 75.9 Å². The number of hydrogen-bond acceptors (Lipinski definition) is 2. The van der Waals surface area contributed by atoms with Crippen molar-refractivity contribution in [1.82, 2.24) is 19.9 Å². The molecule has 0 amide bonds. The number of benzene rings is 1. The first-order valence-corrected chi connectivity index (χ1v) is 8.97. The fraction of sp³-hybridized carbons (Fsp3) is 0.273. The van der Waals surface area contributed by atoms with Crippen LogP contribution in [0.2, 0.25) is 0 Å². The summed E-state index contributed by atoms with van der Waals surface area (Å²) in [5.74, 6) is 0. The molecule has 0 saturated heterocycles. The van der Waals surface area contributed by atoms with E-state index in [0.717, 1.165) is 44.5 Å². The van der Waals surface area contributed by atoms with Gasteiger partial charge in [0.2, 0.25) is 0 Å². The average Bonchev–Trinajstić information content (AvgIpc) is 3.07. The van der Waals surface area contributed by atoms with E-state index in [-0.39, 0.29) is 0 Å². The smallest absolute Gasteiger partial charge is 0.0890 e. The molecule has 4 nitrogen and oxygen atoms in total. The number of para-hydroxylation sites is 2. The molecule has 132 valence electrons. The van der Waals surface area contributed by atoms with Gasteiger partial charge >= 0.3 is 0 Å². The molecule has 4 bridgehead atoms. The number of rotatable bonds is 0. The molecule has 1 aromatic carbocycles. The first-order chi connectivity index (χ1) is 12.4. The number of aryl methyl sites for hydroxylation is 6. The normalized spacial score (nSPS) is 11.5. The van der Waals surface area contributed by atoms with Gasteiger partial charge in [0.15, 0.2) is 0 Å². The molecular formula is C22H24N4. The number of nitrogens with zero attached hydrogens (tertiary/aromatic N) is 2. The molecule has 26 heavy (non-hydrogen) atoms. The van der Waals surface area contributed by atoms with E-state index in [4.69, 9.17) is 9.97 Å². The molecule has 2 N–H and O–H groups in total. The summed E-state index contributed by atoms with van der Waals surface area (Å²) in [6, 6.07) is 8.05. The number of nitrogens with one attached hydrogen (secondary N) is 2. The fourth-order valence-corrected chi connectivity index (χ4v) is 3.73. The van der Waals surface area contributed by atoms with Gasteiger partial charge < -0.3 is 9.97 Å². The maximum absolute atomic E-state index is 4.89. The Morgan fingerprint density at radius 3 is 1.27 bits per heavy atom. The van der Waals surface area contributed by atoms with E-state index in [1.165, 1.54) is 22.3 Å². The van der Waals surface area contributed by atoms with E-state index < -0.39 is 0 Å². The van der Waals surface area contributed by atoms with Crippen LogP contribution in [0.3, 0.4) is 0 Å². The zero-order valence-electron chi connectivity index (χ0n) is 16.2. The minimum absolute atomic E-state index is 0.888. The summed E-state index contributed by atoms with van der Waals surface area (Å²) in [5, 5.41) is 0. The van der Waals surface area contributed by atoms with Gasteiger partial charge in [0, 0.05) is 0 Å². The molecule has 0 spiro atoms. The SMILES string of the molecule is Cc1nc2ccccc2nc(C)c2[nH]c(c(C)c2C)c2[nH]c1c(C)c2C. The lowest BCUT2D eigenvalue weighted by Gasteiger charge is -1.97. The summed E-state index contributed by atoms with van der Waals surface area (Å²) in [6.45, 7) is 12.8. The van der Waals surface area contributed by atoms with Crippen molar-refractivity contribution in [3.63, 3.8) is 0 Å². The van der Waals surface area contributed by atoms with Gasteiger partial charge in [-0.1, -0.05) is 12.1 Å². The molecule has 3 aromatic heterocycles. The molecule has 3 heterocycles. The summed E-state index contributed by atoms with van der Waals surface area (Å²) in [6.07, 6.45) is 0. The van der Waals surface area contributed by atoms with Crippen LogP contribution in [-0.2, 0) is 0 Å². The van der Waals surface area contributed by atoms with Gasteiger partial charge in [-0.15, -0.1) is 0 Å². The van der Waals surface area contributed by atoms with Crippen LogP contribution >= 0.6 is 0 Å². The van der Waals surface area contributed by atoms with Crippen LogP contribution in [0, 0.1) is 41.5 Å². The van der Waals surface area contributed by atoms with Gasteiger partial charge in [-0.25, -0.2) is 9.97 Å². The Labute approximate surface area is 153 Å². The maximum atomic E-state index is 4.89. The Kier molecular flexibility index (Phi) is 3.72. The van der Waals surface area contributed by atoms with Gasteiger partial charge in [0.1, 0.15) is 0 Å². The maximum Gasteiger partial charge on any atom is 0.0890 e. The van der Waals surface area contributed by atoms with Crippen molar-refractivity contribution in [2.45, 2.75) is 41.5 Å². The second kappa shape index (κ2) is 5.84. The zero-order chi connectivity index (χ0) is 18.6. The van der Waals surface area contributed by atoms with Crippen molar-refractivity contribution in [2.75, 3.05) is 0 Å². The lowest BCUT2D eigenvalue weighted by molar-refractivity contribution is 1.23. The molecular weight excluding hydrogens is 320 g/mol. The zero-order valence-corrected chi connectivity index (χ0v) is 16.2. The highest BCUT2D eigenvalue weighted by molar-refractivity contribution is 5.90. The lowest BCUT2D eigenvalue weighted by atomic mass is 10.1. The van der Waals surface area contributed by atoms with E-state index in [2.05, 4.69) is 51.5 Å². The van der Waals surface area contributed by atoms with E-state index >= 15 is 0 Å². The van der Waals surface area contributed by atoms with Crippen LogP contribution in [0.15, 0.2) is 24.3 Å². The largest absolute Gasteiger partial charge is 0.352 e. The first kappa shape index (κ1) is 16.6. The summed E-state index contributed by atoms with van der Waals surface area (Å²) in [4.78, 5) is 17.0. The van der Waals surface area contributed by atoms with E-state index in [0.29, 0.717) is 0 Å². The lowest BCUT2D eigenvalue weighted by Crippen LogP contribution is -1.86. The van der Waals surface area contributed by atoms with E-state index in [1.807, 2.05) is 24.3 Å². The Hall–Kier alpha value is -2.88. The third-order valence-electron chi connectivity index (χ3n) is 5.56. The Morgan fingerprint density at radius 1 is 0.538 bits per heavy atom. The number of aromatic amines is 2. The molecule has 4 heteroatoms. The van der Waals surface area contributed by atoms with Crippen LogP contribution in [0.5, 0.6) is 0 Å². The highest BCUT2D eigenvalue weighted by Crippen LogP contribution is 2.29. The van der Waals surface area contributed by atoms with Crippen molar-refractivity contribution in [3.8, 4) is 0 Å². The molecule has 4 rings (SSSR count). The molecule has 0 atom stereocenters. The topological polar surface area (TPSA) is 57.4 Å². The third-order valence-corrected chi connectivity index (χ3v) is 5.56. The van der Waals surface area contributed by atoms with E-state index in [1.54, 1.807) is 0 Å². The Balaban J connectivity index is 2.39. The van der Waals surface area contributed by atoms with E-state index in [9.17, 15) is 0 Å².